The average Bonchev–Trinajstić information content (AvgIpc) is 3.58. The zero-order valence-corrected chi connectivity index (χ0v) is 29.4. The first-order valence-electron chi connectivity index (χ1n) is 18.8. The fourth-order valence-electron chi connectivity index (χ4n) is 10.0. The minimum atomic E-state index is -0.352. The number of nitrogens with zero attached hydrogens (tertiary/aromatic N) is 2. The molecule has 1 spiro atoms. The van der Waals surface area contributed by atoms with Gasteiger partial charge in [-0.1, -0.05) is 167 Å². The summed E-state index contributed by atoms with van der Waals surface area (Å²) in [5.74, 6) is 2.58. The summed E-state index contributed by atoms with van der Waals surface area (Å²) in [6.45, 7) is 4.90. The molecule has 5 aliphatic rings. The van der Waals surface area contributed by atoms with E-state index in [0.717, 1.165) is 28.4 Å². The lowest BCUT2D eigenvalue weighted by molar-refractivity contribution is 0.345. The van der Waals surface area contributed by atoms with Gasteiger partial charge in [-0.2, -0.15) is 0 Å². The number of fused-ring (bicyclic) bond motifs is 8. The molecular weight excluding hydrogens is 619 g/mol. The third kappa shape index (κ3) is 4.78. The van der Waals surface area contributed by atoms with E-state index in [4.69, 9.17) is 9.98 Å². The van der Waals surface area contributed by atoms with Crippen LogP contribution in [-0.2, 0) is 10.8 Å². The maximum absolute atomic E-state index is 5.32. The first-order chi connectivity index (χ1) is 25.0. The summed E-state index contributed by atoms with van der Waals surface area (Å²) >= 11 is 0. The standard InChI is InChI=1S/C48H43N3/c1-47(2)40-19-11-10-18-36(40)38-30-43-39(29-42(38)47)37-28-35(24-25-41(37)48(43)26-12-5-13-27-48)46-50-44(33-16-8-4-9-17-33)49-45(51-46)34-22-20-32(21-23-34)31-14-6-3-7-15-31/h3-4,6-11,14-25,28-30,38,42,46H,5,12-13,26-27H2,1-2H3,(H,49,50,51). The second-order valence-corrected chi connectivity index (χ2v) is 15.7. The van der Waals surface area contributed by atoms with Gasteiger partial charge in [-0.25, -0.2) is 9.98 Å². The molecule has 1 saturated carbocycles. The van der Waals surface area contributed by atoms with Crippen LogP contribution in [0.25, 0.3) is 16.7 Å². The molecule has 0 saturated heterocycles. The Morgan fingerprint density at radius 1 is 0.588 bits per heavy atom. The van der Waals surface area contributed by atoms with Crippen LogP contribution in [-0.4, -0.2) is 11.7 Å². The molecule has 1 fully saturated rings. The van der Waals surface area contributed by atoms with Gasteiger partial charge >= 0.3 is 0 Å². The lowest BCUT2D eigenvalue weighted by Crippen LogP contribution is -2.36. The highest BCUT2D eigenvalue weighted by atomic mass is 15.2. The number of benzene rings is 5. The first kappa shape index (κ1) is 30.5. The van der Waals surface area contributed by atoms with Crippen molar-refractivity contribution in [1.29, 1.82) is 0 Å². The van der Waals surface area contributed by atoms with Gasteiger partial charge < -0.3 is 5.32 Å². The van der Waals surface area contributed by atoms with E-state index in [0.29, 0.717) is 11.8 Å². The fourth-order valence-corrected chi connectivity index (χ4v) is 10.0. The van der Waals surface area contributed by atoms with Crippen LogP contribution in [0.3, 0.4) is 0 Å². The van der Waals surface area contributed by atoms with Crippen molar-refractivity contribution in [2.75, 3.05) is 0 Å². The van der Waals surface area contributed by atoms with Crippen LogP contribution in [0.1, 0.15) is 97.0 Å². The molecule has 3 heteroatoms. The van der Waals surface area contributed by atoms with Crippen LogP contribution in [0.2, 0.25) is 0 Å². The molecule has 0 bridgehead atoms. The van der Waals surface area contributed by atoms with Crippen molar-refractivity contribution in [3.8, 4) is 11.1 Å². The van der Waals surface area contributed by atoms with Gasteiger partial charge in [-0.3, -0.25) is 0 Å². The van der Waals surface area contributed by atoms with E-state index in [1.165, 1.54) is 71.1 Å². The van der Waals surface area contributed by atoms with Crippen LogP contribution in [0.4, 0.5) is 0 Å². The van der Waals surface area contributed by atoms with E-state index in [-0.39, 0.29) is 17.0 Å². The van der Waals surface area contributed by atoms with Crippen LogP contribution >= 0.6 is 0 Å². The first-order valence-corrected chi connectivity index (χ1v) is 18.8. The number of hydrogen-bond donors (Lipinski definition) is 1. The third-order valence-electron chi connectivity index (χ3n) is 12.6. The number of allylic oxidation sites excluding steroid dienone is 4. The van der Waals surface area contributed by atoms with E-state index >= 15 is 0 Å². The Hall–Kier alpha value is -5.28. The zero-order valence-electron chi connectivity index (χ0n) is 29.4. The van der Waals surface area contributed by atoms with E-state index in [1.54, 1.807) is 5.57 Å². The van der Waals surface area contributed by atoms with Gasteiger partial charge in [0.1, 0.15) is 11.7 Å². The van der Waals surface area contributed by atoms with Gasteiger partial charge in [0.25, 0.3) is 0 Å². The van der Waals surface area contributed by atoms with Crippen LogP contribution in [0, 0.1) is 5.92 Å². The molecule has 3 nitrogen and oxygen atoms in total. The summed E-state index contributed by atoms with van der Waals surface area (Å²) in [6, 6.07) is 46.2. The molecule has 250 valence electrons. The van der Waals surface area contributed by atoms with Crippen LogP contribution < -0.4 is 5.32 Å². The Bertz CT molecular complexity index is 2280. The lowest BCUT2D eigenvalue weighted by atomic mass is 9.64. The number of rotatable bonds is 4. The van der Waals surface area contributed by atoms with Gasteiger partial charge in [-0.15, -0.1) is 0 Å². The maximum atomic E-state index is 5.32. The number of aliphatic imine (C=N–C) groups is 2. The third-order valence-corrected chi connectivity index (χ3v) is 12.6. The molecular formula is C48H43N3. The molecule has 1 aliphatic heterocycles. The van der Waals surface area contributed by atoms with Gasteiger partial charge in [-0.05, 0) is 80.3 Å². The zero-order chi connectivity index (χ0) is 34.2. The normalized spacial score (nSPS) is 23.5. The Kier molecular flexibility index (Phi) is 6.97. The Balaban J connectivity index is 1.09. The summed E-state index contributed by atoms with van der Waals surface area (Å²) < 4.78 is 0. The quantitative estimate of drug-likeness (QED) is 0.204. The highest BCUT2D eigenvalue weighted by Crippen LogP contribution is 2.63. The van der Waals surface area contributed by atoms with Gasteiger partial charge in [0.15, 0.2) is 6.17 Å². The van der Waals surface area contributed by atoms with Gasteiger partial charge in [0, 0.05) is 22.5 Å². The molecule has 51 heavy (non-hydrogen) atoms. The van der Waals surface area contributed by atoms with E-state index in [1.807, 2.05) is 0 Å². The molecule has 0 radical (unpaired) electrons. The van der Waals surface area contributed by atoms with Gasteiger partial charge in [0.2, 0.25) is 0 Å². The van der Waals surface area contributed by atoms with E-state index in [2.05, 4.69) is 159 Å². The molecule has 3 unspecified atom stereocenters. The molecule has 0 amide bonds. The van der Waals surface area contributed by atoms with Crippen molar-refractivity contribution in [2.45, 2.75) is 68.9 Å². The Morgan fingerprint density at radius 3 is 1.92 bits per heavy atom. The summed E-state index contributed by atoms with van der Waals surface area (Å²) in [7, 11) is 0. The SMILES string of the molecule is CC1(C)c2ccccc2C2C=C3C(=CC21)c1cc(C2N=C(c4ccccc4)NC(c4ccc(-c5ccccc5)cc4)=N2)ccc1C31CCCCC1. The van der Waals surface area contributed by atoms with Crippen molar-refractivity contribution >= 4 is 17.2 Å². The second kappa shape index (κ2) is 11.6. The molecule has 0 aromatic heterocycles. The molecule has 4 aliphatic carbocycles. The molecule has 3 atom stereocenters. The molecule has 5 aromatic rings. The Morgan fingerprint density at radius 2 is 1.20 bits per heavy atom. The fraction of sp³-hybridized carbons (Fsp3) is 0.250. The highest BCUT2D eigenvalue weighted by Gasteiger charge is 2.52. The summed E-state index contributed by atoms with van der Waals surface area (Å²) in [5, 5.41) is 3.61. The molecule has 10 rings (SSSR count). The average molecular weight is 662 g/mol. The van der Waals surface area contributed by atoms with Crippen LogP contribution in [0.15, 0.2) is 155 Å². The topological polar surface area (TPSA) is 36.8 Å². The largest absolute Gasteiger partial charge is 0.324 e. The molecule has 1 heterocycles. The van der Waals surface area contributed by atoms with E-state index in [9.17, 15) is 0 Å². The summed E-state index contributed by atoms with van der Waals surface area (Å²) in [6.07, 6.45) is 11.4. The number of amidine groups is 2. The number of hydrogen-bond acceptors (Lipinski definition) is 3. The maximum Gasteiger partial charge on any atom is 0.169 e. The number of nitrogens with one attached hydrogen (secondary N) is 1. The van der Waals surface area contributed by atoms with Crippen molar-refractivity contribution in [3.63, 3.8) is 0 Å². The predicted molar refractivity (Wildman–Crippen MR) is 210 cm³/mol. The van der Waals surface area contributed by atoms with Gasteiger partial charge in [0.05, 0.1) is 0 Å². The smallest absolute Gasteiger partial charge is 0.169 e. The predicted octanol–water partition coefficient (Wildman–Crippen LogP) is 11.1. The minimum absolute atomic E-state index is 0.0789. The van der Waals surface area contributed by atoms with Crippen molar-refractivity contribution < 1.29 is 0 Å². The second-order valence-electron chi connectivity index (χ2n) is 15.7. The lowest BCUT2D eigenvalue weighted by Gasteiger charge is -2.39. The Labute approximate surface area is 301 Å². The highest BCUT2D eigenvalue weighted by molar-refractivity contribution is 6.16. The summed E-state index contributed by atoms with van der Waals surface area (Å²) in [5.41, 5.74) is 14.9. The minimum Gasteiger partial charge on any atom is -0.324 e. The van der Waals surface area contributed by atoms with Crippen molar-refractivity contribution in [2.24, 2.45) is 15.9 Å². The monoisotopic (exact) mass is 661 g/mol. The van der Waals surface area contributed by atoms with Crippen LogP contribution in [0.5, 0.6) is 0 Å². The molecule has 5 aromatic carbocycles. The summed E-state index contributed by atoms with van der Waals surface area (Å²) in [4.78, 5) is 10.6. The van der Waals surface area contributed by atoms with Crippen molar-refractivity contribution in [1.82, 2.24) is 5.32 Å². The van der Waals surface area contributed by atoms with Crippen molar-refractivity contribution in [3.05, 3.63) is 184 Å². The van der Waals surface area contributed by atoms with E-state index < -0.39 is 0 Å². The molecule has 1 N–H and O–H groups in total.